The Morgan fingerprint density at radius 2 is 2.11 bits per heavy atom. The van der Waals surface area contributed by atoms with Gasteiger partial charge in [-0.25, -0.2) is 0 Å². The Balaban J connectivity index is 2.83. The molecule has 54 valence electrons. The summed E-state index contributed by atoms with van der Waals surface area (Å²) < 4.78 is 0. The summed E-state index contributed by atoms with van der Waals surface area (Å²) in [6.45, 7) is 1.46. The van der Waals surface area contributed by atoms with Gasteiger partial charge >= 0.3 is 0 Å². The third kappa shape index (κ3) is 7.23. The van der Waals surface area contributed by atoms with Crippen molar-refractivity contribution in [2.45, 2.75) is 12.8 Å². The molecule has 0 aromatic carbocycles. The van der Waals surface area contributed by atoms with Gasteiger partial charge < -0.3 is 16.8 Å². The molecule has 9 heavy (non-hydrogen) atoms. The van der Waals surface area contributed by atoms with E-state index in [4.69, 9.17) is 16.9 Å². The molecule has 0 fully saturated rings. The van der Waals surface area contributed by atoms with Crippen molar-refractivity contribution in [1.82, 2.24) is 5.32 Å². The van der Waals surface area contributed by atoms with E-state index in [0.717, 1.165) is 19.4 Å². The summed E-state index contributed by atoms with van der Waals surface area (Å²) >= 11 is 0. The van der Waals surface area contributed by atoms with Crippen LogP contribution in [0.1, 0.15) is 12.8 Å². The summed E-state index contributed by atoms with van der Waals surface area (Å²) in [4.78, 5) is 0. The van der Waals surface area contributed by atoms with Crippen LogP contribution in [-0.4, -0.2) is 19.0 Å². The summed E-state index contributed by atoms with van der Waals surface area (Å²) in [7, 11) is 0. The molecule has 0 aromatic rings. The van der Waals surface area contributed by atoms with E-state index in [1.54, 1.807) is 0 Å². The molecule has 0 aliphatic carbocycles. The molecular weight excluding hydrogens is 117 g/mol. The van der Waals surface area contributed by atoms with Crippen LogP contribution in [0.15, 0.2) is 0 Å². The van der Waals surface area contributed by atoms with Crippen molar-refractivity contribution >= 4 is 5.96 Å². The van der Waals surface area contributed by atoms with Crippen LogP contribution in [-0.2, 0) is 0 Å². The lowest BCUT2D eigenvalue weighted by Gasteiger charge is -2.00. The fourth-order valence-electron chi connectivity index (χ4n) is 0.492. The predicted octanol–water partition coefficient (Wildman–Crippen LogP) is -0.792. The van der Waals surface area contributed by atoms with E-state index >= 15 is 0 Å². The average molecular weight is 131 g/mol. The first kappa shape index (κ1) is 8.23. The van der Waals surface area contributed by atoms with Crippen molar-refractivity contribution in [2.75, 3.05) is 13.1 Å². The molecule has 0 unspecified atom stereocenters. The van der Waals surface area contributed by atoms with E-state index in [-0.39, 0.29) is 5.96 Å². The molecule has 0 atom stereocenters. The van der Waals surface area contributed by atoms with Crippen LogP contribution in [0.2, 0.25) is 0 Å². The number of unbranched alkanes of at least 4 members (excludes halogenated alkanes) is 1. The van der Waals surface area contributed by atoms with Crippen molar-refractivity contribution < 1.29 is 0 Å². The average Bonchev–Trinajstić information content (AvgIpc) is 1.80. The first-order valence-electron chi connectivity index (χ1n) is 3.05. The molecule has 0 bridgehead atoms. The highest BCUT2D eigenvalue weighted by molar-refractivity contribution is 5.74. The van der Waals surface area contributed by atoms with Gasteiger partial charge in [0.25, 0.3) is 0 Å². The zero-order chi connectivity index (χ0) is 7.11. The largest absolute Gasteiger partial charge is 0.370 e. The Labute approximate surface area is 55.1 Å². The number of nitrogens with two attached hydrogens (primary N) is 2. The van der Waals surface area contributed by atoms with Gasteiger partial charge in [-0.15, -0.1) is 0 Å². The number of guanidine groups is 1. The van der Waals surface area contributed by atoms with Crippen molar-refractivity contribution in [3.8, 4) is 0 Å². The van der Waals surface area contributed by atoms with Crippen LogP contribution >= 0.6 is 0 Å². The molecule has 0 amide bonds. The van der Waals surface area contributed by atoms with Crippen molar-refractivity contribution in [2.24, 2.45) is 11.5 Å². The standard InChI is InChI=1S/C5H14N4/c6-3-1-2-4-9-5(7)8/h1-4,6H2,(H4,7,8,9)/i5+1. The van der Waals surface area contributed by atoms with Gasteiger partial charge in [-0.1, -0.05) is 0 Å². The zero-order valence-electron chi connectivity index (χ0n) is 5.48. The van der Waals surface area contributed by atoms with Gasteiger partial charge in [0.2, 0.25) is 0 Å². The van der Waals surface area contributed by atoms with Crippen LogP contribution in [0, 0.1) is 5.41 Å². The SMILES string of the molecule is N=[13C](N)NCCCCN. The zero-order valence-corrected chi connectivity index (χ0v) is 5.48. The normalized spacial score (nSPS) is 9.00. The minimum Gasteiger partial charge on any atom is -0.370 e. The van der Waals surface area contributed by atoms with E-state index in [0.29, 0.717) is 6.54 Å². The van der Waals surface area contributed by atoms with Crippen LogP contribution in [0.4, 0.5) is 0 Å². The summed E-state index contributed by atoms with van der Waals surface area (Å²) in [5, 5.41) is 9.45. The van der Waals surface area contributed by atoms with Crippen LogP contribution < -0.4 is 16.8 Å². The molecule has 0 heterocycles. The Hall–Kier alpha value is -0.770. The molecule has 0 saturated heterocycles. The van der Waals surface area contributed by atoms with E-state index < -0.39 is 0 Å². The predicted molar refractivity (Wildman–Crippen MR) is 38.2 cm³/mol. The molecule has 0 radical (unpaired) electrons. The molecule has 0 saturated carbocycles. The Morgan fingerprint density at radius 1 is 1.44 bits per heavy atom. The van der Waals surface area contributed by atoms with Crippen molar-refractivity contribution in [1.29, 1.82) is 5.41 Å². The summed E-state index contributed by atoms with van der Waals surface area (Å²) in [6, 6.07) is 0. The molecule has 0 aromatic heterocycles. The quantitative estimate of drug-likeness (QED) is 0.174. The van der Waals surface area contributed by atoms with Crippen LogP contribution in [0.3, 0.4) is 0 Å². The third-order valence-electron chi connectivity index (χ3n) is 0.946. The molecule has 0 rings (SSSR count). The first-order valence-corrected chi connectivity index (χ1v) is 3.05. The number of hydrogen-bond acceptors (Lipinski definition) is 2. The van der Waals surface area contributed by atoms with Crippen LogP contribution in [0.5, 0.6) is 0 Å². The fraction of sp³-hybridized carbons (Fsp3) is 0.800. The first-order chi connectivity index (χ1) is 4.27. The third-order valence-corrected chi connectivity index (χ3v) is 0.946. The topological polar surface area (TPSA) is 87.9 Å². The van der Waals surface area contributed by atoms with E-state index in [1.807, 2.05) is 0 Å². The van der Waals surface area contributed by atoms with Gasteiger partial charge in [-0.05, 0) is 19.4 Å². The molecule has 4 heteroatoms. The maximum atomic E-state index is 6.77. The number of hydrogen-bond donors (Lipinski definition) is 4. The van der Waals surface area contributed by atoms with E-state index in [2.05, 4.69) is 5.32 Å². The molecule has 6 N–H and O–H groups in total. The summed E-state index contributed by atoms with van der Waals surface area (Å²) in [6.07, 6.45) is 1.97. The van der Waals surface area contributed by atoms with Gasteiger partial charge in [0.05, 0.1) is 0 Å². The van der Waals surface area contributed by atoms with Gasteiger partial charge in [-0.2, -0.15) is 0 Å². The van der Waals surface area contributed by atoms with Crippen LogP contribution in [0.25, 0.3) is 0 Å². The Bertz CT molecular complexity index is 81.0. The molecule has 4 nitrogen and oxygen atoms in total. The monoisotopic (exact) mass is 131 g/mol. The number of nitrogens with one attached hydrogen (secondary N) is 2. The molecular formula is C5H14N4. The maximum absolute atomic E-state index is 6.77. The van der Waals surface area contributed by atoms with E-state index in [9.17, 15) is 0 Å². The van der Waals surface area contributed by atoms with Gasteiger partial charge in [0, 0.05) is 6.54 Å². The second-order valence-corrected chi connectivity index (χ2v) is 1.84. The minimum absolute atomic E-state index is 0.0343. The minimum atomic E-state index is 0.0343. The molecule has 0 aliphatic rings. The smallest absolute Gasteiger partial charge is 0.185 e. The summed E-state index contributed by atoms with van der Waals surface area (Å²) in [5.41, 5.74) is 10.2. The van der Waals surface area contributed by atoms with Crippen molar-refractivity contribution in [3.63, 3.8) is 0 Å². The highest BCUT2D eigenvalue weighted by Crippen LogP contribution is 1.80. The highest BCUT2D eigenvalue weighted by Gasteiger charge is 1.85. The molecule has 0 aliphatic heterocycles. The highest BCUT2D eigenvalue weighted by atomic mass is 15.3. The Kier molecular flexibility index (Phi) is 4.91. The van der Waals surface area contributed by atoms with E-state index in [1.165, 1.54) is 0 Å². The summed E-state index contributed by atoms with van der Waals surface area (Å²) in [5.74, 6) is 0.0343. The maximum Gasteiger partial charge on any atom is 0.185 e. The molecule has 0 spiro atoms. The van der Waals surface area contributed by atoms with Crippen molar-refractivity contribution in [3.05, 3.63) is 0 Å². The Morgan fingerprint density at radius 3 is 2.56 bits per heavy atom. The lowest BCUT2D eigenvalue weighted by molar-refractivity contribution is 0.714. The fourth-order valence-corrected chi connectivity index (χ4v) is 0.492. The number of rotatable bonds is 4. The van der Waals surface area contributed by atoms with Gasteiger partial charge in [-0.3, -0.25) is 5.41 Å². The lowest BCUT2D eigenvalue weighted by atomic mass is 10.3. The lowest BCUT2D eigenvalue weighted by Crippen LogP contribution is -2.31. The second-order valence-electron chi connectivity index (χ2n) is 1.84. The van der Waals surface area contributed by atoms with Gasteiger partial charge in [0.1, 0.15) is 0 Å². The van der Waals surface area contributed by atoms with Gasteiger partial charge in [0.15, 0.2) is 5.96 Å². The second kappa shape index (κ2) is 5.37.